The van der Waals surface area contributed by atoms with Crippen LogP contribution in [0.25, 0.3) is 6.08 Å². The van der Waals surface area contributed by atoms with Crippen LogP contribution in [-0.2, 0) is 14.3 Å². The van der Waals surface area contributed by atoms with Crippen LogP contribution >= 0.6 is 46.1 Å². The summed E-state index contributed by atoms with van der Waals surface area (Å²) in [6, 6.07) is 9.11. The van der Waals surface area contributed by atoms with Crippen LogP contribution in [0.5, 0.6) is 5.75 Å². The highest BCUT2D eigenvalue weighted by Crippen LogP contribution is 2.35. The zero-order chi connectivity index (χ0) is 27.7. The van der Waals surface area contributed by atoms with E-state index in [9.17, 15) is 14.4 Å². The van der Waals surface area contributed by atoms with Crippen molar-refractivity contribution in [1.82, 2.24) is 4.57 Å². The minimum absolute atomic E-state index is 0.0287. The van der Waals surface area contributed by atoms with Crippen molar-refractivity contribution in [2.75, 3.05) is 6.61 Å². The molecule has 0 unspecified atom stereocenters. The Morgan fingerprint density at radius 1 is 1.16 bits per heavy atom. The van der Waals surface area contributed by atoms with Gasteiger partial charge in [0, 0.05) is 5.02 Å². The fourth-order valence-electron chi connectivity index (χ4n) is 3.91. The van der Waals surface area contributed by atoms with Crippen molar-refractivity contribution >= 4 is 64.2 Å². The molecule has 0 spiro atoms. The second-order valence-electron chi connectivity index (χ2n) is 8.58. The van der Waals surface area contributed by atoms with Crippen molar-refractivity contribution in [3.63, 3.8) is 0 Å². The van der Waals surface area contributed by atoms with Crippen molar-refractivity contribution in [2.45, 2.75) is 32.9 Å². The van der Waals surface area contributed by atoms with E-state index in [0.717, 1.165) is 11.3 Å². The lowest BCUT2D eigenvalue weighted by atomic mass is 9.96. The molecular formula is C26H21Cl3N2O6S. The predicted octanol–water partition coefficient (Wildman–Crippen LogP) is 4.61. The number of carbonyl (C=O) groups is 2. The molecule has 2 heterocycles. The van der Waals surface area contributed by atoms with E-state index in [1.54, 1.807) is 51.1 Å². The number of ether oxygens (including phenoxy) is 2. The Morgan fingerprint density at radius 3 is 2.37 bits per heavy atom. The number of esters is 1. The number of carboxylic acids is 1. The number of thiazole rings is 1. The number of halogens is 3. The monoisotopic (exact) mass is 594 g/mol. The number of benzene rings is 2. The molecule has 1 aliphatic heterocycles. The van der Waals surface area contributed by atoms with Gasteiger partial charge < -0.3 is 14.6 Å². The van der Waals surface area contributed by atoms with Gasteiger partial charge in [-0.1, -0.05) is 58.3 Å². The van der Waals surface area contributed by atoms with Gasteiger partial charge in [0.25, 0.3) is 5.56 Å². The Bertz CT molecular complexity index is 1620. The van der Waals surface area contributed by atoms with E-state index in [4.69, 9.17) is 49.4 Å². The molecule has 0 aliphatic carbocycles. The second-order valence-corrected chi connectivity index (χ2v) is 10.8. The van der Waals surface area contributed by atoms with Crippen molar-refractivity contribution in [3.8, 4) is 5.75 Å². The van der Waals surface area contributed by atoms with Gasteiger partial charge >= 0.3 is 11.9 Å². The molecule has 0 amide bonds. The average molecular weight is 596 g/mol. The molecule has 38 heavy (non-hydrogen) atoms. The number of hydrogen-bond acceptors (Lipinski definition) is 7. The highest BCUT2D eigenvalue weighted by Gasteiger charge is 2.33. The van der Waals surface area contributed by atoms with Crippen LogP contribution in [0.4, 0.5) is 0 Å². The third kappa shape index (κ3) is 5.81. The highest BCUT2D eigenvalue weighted by molar-refractivity contribution is 7.07. The molecule has 0 fully saturated rings. The van der Waals surface area contributed by atoms with E-state index in [0.29, 0.717) is 31.2 Å². The summed E-state index contributed by atoms with van der Waals surface area (Å²) in [6.07, 6.45) is 1.22. The van der Waals surface area contributed by atoms with Crippen LogP contribution in [0.3, 0.4) is 0 Å². The first kappa shape index (κ1) is 27.9. The Balaban J connectivity index is 1.86. The van der Waals surface area contributed by atoms with Gasteiger partial charge in [-0.3, -0.25) is 9.36 Å². The Hall–Kier alpha value is -3.11. The first-order valence-electron chi connectivity index (χ1n) is 11.3. The van der Waals surface area contributed by atoms with Gasteiger partial charge in [0.05, 0.1) is 38.0 Å². The van der Waals surface area contributed by atoms with E-state index in [1.165, 1.54) is 16.7 Å². The highest BCUT2D eigenvalue weighted by atomic mass is 35.5. The maximum absolute atomic E-state index is 13.7. The smallest absolute Gasteiger partial charge is 0.341 e. The molecule has 8 nitrogen and oxygen atoms in total. The number of nitrogens with zero attached hydrogens (tertiary/aromatic N) is 2. The quantitative estimate of drug-likeness (QED) is 0.400. The fraction of sp³-hybridized carbons (Fsp3) is 0.231. The minimum Gasteiger partial charge on any atom is -0.479 e. The summed E-state index contributed by atoms with van der Waals surface area (Å²) in [5.74, 6) is -1.71. The zero-order valence-electron chi connectivity index (χ0n) is 20.3. The van der Waals surface area contributed by atoms with Crippen LogP contribution in [0.2, 0.25) is 15.1 Å². The summed E-state index contributed by atoms with van der Waals surface area (Å²) in [5.41, 5.74) is 1.47. The molecule has 1 atom stereocenters. The largest absolute Gasteiger partial charge is 0.479 e. The molecule has 2 aromatic carbocycles. The molecular weight excluding hydrogens is 575 g/mol. The van der Waals surface area contributed by atoms with Gasteiger partial charge in [0.15, 0.2) is 17.2 Å². The summed E-state index contributed by atoms with van der Waals surface area (Å²) in [7, 11) is 0. The molecule has 3 aromatic rings. The first-order valence-corrected chi connectivity index (χ1v) is 13.2. The van der Waals surface area contributed by atoms with Crippen molar-refractivity contribution in [1.29, 1.82) is 0 Å². The second kappa shape index (κ2) is 11.3. The van der Waals surface area contributed by atoms with Crippen LogP contribution in [0, 0.1) is 0 Å². The lowest BCUT2D eigenvalue weighted by Gasteiger charge is -2.25. The topological polar surface area (TPSA) is 107 Å². The first-order chi connectivity index (χ1) is 18.0. The van der Waals surface area contributed by atoms with Gasteiger partial charge in [-0.25, -0.2) is 14.6 Å². The molecule has 4 rings (SSSR count). The van der Waals surface area contributed by atoms with E-state index in [-0.39, 0.29) is 33.0 Å². The molecule has 0 saturated carbocycles. The number of rotatable bonds is 7. The van der Waals surface area contributed by atoms with Crippen molar-refractivity contribution < 1.29 is 24.2 Å². The van der Waals surface area contributed by atoms with E-state index >= 15 is 0 Å². The van der Waals surface area contributed by atoms with Crippen LogP contribution in [0.15, 0.2) is 57.5 Å². The zero-order valence-corrected chi connectivity index (χ0v) is 23.4. The number of hydrogen-bond donors (Lipinski definition) is 1. The number of fused-ring (bicyclic) bond motifs is 1. The number of carboxylic acid groups (broad SMARTS) is 1. The van der Waals surface area contributed by atoms with E-state index in [1.807, 2.05) is 0 Å². The molecule has 0 radical (unpaired) electrons. The van der Waals surface area contributed by atoms with Gasteiger partial charge in [-0.2, -0.15) is 0 Å². The molecule has 198 valence electrons. The minimum atomic E-state index is -1.18. The van der Waals surface area contributed by atoms with Crippen LogP contribution in [-0.4, -0.2) is 34.3 Å². The third-order valence-electron chi connectivity index (χ3n) is 5.43. The number of carbonyl (C=O) groups excluding carboxylic acids is 1. The normalized spacial score (nSPS) is 15.3. The summed E-state index contributed by atoms with van der Waals surface area (Å²) in [6.45, 7) is 4.58. The Morgan fingerprint density at radius 2 is 1.79 bits per heavy atom. The summed E-state index contributed by atoms with van der Waals surface area (Å²) in [5, 5.41) is 9.54. The number of allylic oxidation sites excluding steroid dienone is 1. The molecule has 12 heteroatoms. The predicted molar refractivity (Wildman–Crippen MR) is 146 cm³/mol. The van der Waals surface area contributed by atoms with Crippen molar-refractivity contribution in [3.05, 3.63) is 93.6 Å². The van der Waals surface area contributed by atoms with Crippen LogP contribution in [0.1, 0.15) is 37.9 Å². The molecule has 1 N–H and O–H groups in total. The SMILES string of the molecule is CC1=C(C(=O)OC(C)C)[C@@H](c2ccc(Cl)cc2)n2c(sc(=Cc3cc(Cl)c(OCC(=O)O)c(Cl)c3)c2=O)=N1. The molecule has 1 aromatic heterocycles. The number of aliphatic carboxylic acids is 1. The third-order valence-corrected chi connectivity index (χ3v) is 7.22. The Labute approximate surface area is 236 Å². The van der Waals surface area contributed by atoms with E-state index < -0.39 is 24.6 Å². The summed E-state index contributed by atoms with van der Waals surface area (Å²) >= 11 is 19.8. The maximum Gasteiger partial charge on any atom is 0.341 e. The van der Waals surface area contributed by atoms with Gasteiger partial charge in [-0.15, -0.1) is 0 Å². The maximum atomic E-state index is 13.7. The lowest BCUT2D eigenvalue weighted by Crippen LogP contribution is -2.40. The van der Waals surface area contributed by atoms with Gasteiger partial charge in [0.2, 0.25) is 0 Å². The number of aromatic nitrogens is 1. The van der Waals surface area contributed by atoms with Gasteiger partial charge in [0.1, 0.15) is 0 Å². The lowest BCUT2D eigenvalue weighted by molar-refractivity contribution is -0.143. The van der Waals surface area contributed by atoms with Crippen LogP contribution < -0.4 is 19.6 Å². The Kier molecular flexibility index (Phi) is 8.32. The fourth-order valence-corrected chi connectivity index (χ4v) is 5.69. The summed E-state index contributed by atoms with van der Waals surface area (Å²) in [4.78, 5) is 42.6. The molecule has 1 aliphatic rings. The summed E-state index contributed by atoms with van der Waals surface area (Å²) < 4.78 is 12.4. The van der Waals surface area contributed by atoms with Crippen molar-refractivity contribution in [2.24, 2.45) is 4.99 Å². The van der Waals surface area contributed by atoms with Gasteiger partial charge in [-0.05, 0) is 62.2 Å². The van der Waals surface area contributed by atoms with E-state index in [2.05, 4.69) is 4.99 Å². The standard InChI is InChI=1S/C26H21Cl3N2O6S/c1-12(2)37-25(35)21-13(3)30-26-31(22(21)15-4-6-16(27)7-5-15)24(34)19(38-26)10-14-8-17(28)23(18(29)9-14)36-11-20(32)33/h4-10,12,22H,11H2,1-3H3,(H,32,33)/t22-/m1/s1. The molecule has 0 bridgehead atoms. The molecule has 0 saturated heterocycles. The average Bonchev–Trinajstić information content (AvgIpc) is 3.11.